The van der Waals surface area contributed by atoms with Crippen molar-refractivity contribution in [2.75, 3.05) is 17.2 Å². The molecule has 1 N–H and O–H groups in total. The van der Waals surface area contributed by atoms with Crippen LogP contribution in [-0.4, -0.2) is 36.1 Å². The molecule has 0 aliphatic rings. The Balaban J connectivity index is 1.69. The molecule has 0 radical (unpaired) electrons. The number of nitriles is 1. The van der Waals surface area contributed by atoms with Gasteiger partial charge in [0.05, 0.1) is 21.7 Å². The van der Waals surface area contributed by atoms with Gasteiger partial charge in [0.2, 0.25) is 16.0 Å². The number of sulfonamides is 1. The fourth-order valence-electron chi connectivity index (χ4n) is 3.35. The number of alkyl halides is 1. The third-order valence-electron chi connectivity index (χ3n) is 5.75. The van der Waals surface area contributed by atoms with E-state index in [1.54, 1.807) is 26.0 Å². The van der Waals surface area contributed by atoms with Gasteiger partial charge in [0.1, 0.15) is 25.0 Å². The fourth-order valence-corrected chi connectivity index (χ4v) is 4.30. The lowest BCUT2D eigenvalue weighted by Gasteiger charge is -2.27. The van der Waals surface area contributed by atoms with Crippen LogP contribution in [-0.2, 0) is 22.0 Å². The number of benzene rings is 2. The van der Waals surface area contributed by atoms with E-state index in [0.29, 0.717) is 33.5 Å². The monoisotopic (exact) mass is 562 g/mol. The molecule has 3 aromatic rings. The van der Waals surface area contributed by atoms with Gasteiger partial charge in [0.25, 0.3) is 0 Å². The molecule has 0 spiro atoms. The second kappa shape index (κ2) is 12.0. The molecule has 0 atom stereocenters. The summed E-state index contributed by atoms with van der Waals surface area (Å²) in [4.78, 5) is 8.10. The Morgan fingerprint density at radius 2 is 1.73 bits per heavy atom. The van der Waals surface area contributed by atoms with Gasteiger partial charge in [-0.15, -0.1) is 11.6 Å². The van der Waals surface area contributed by atoms with Crippen molar-refractivity contribution in [3.8, 4) is 17.6 Å². The molecular formula is C26H28Cl2N4O4S. The minimum atomic E-state index is -3.51. The van der Waals surface area contributed by atoms with E-state index < -0.39 is 20.7 Å². The summed E-state index contributed by atoms with van der Waals surface area (Å²) in [5.74, 6) is 1.29. The molecule has 0 fully saturated rings. The summed E-state index contributed by atoms with van der Waals surface area (Å²) in [6, 6.07) is 13.4. The van der Waals surface area contributed by atoms with Gasteiger partial charge in [0, 0.05) is 23.4 Å². The van der Waals surface area contributed by atoms with Gasteiger partial charge in [-0.2, -0.15) is 5.26 Å². The summed E-state index contributed by atoms with van der Waals surface area (Å²) < 4.78 is 37.6. The lowest BCUT2D eigenvalue weighted by atomic mass is 9.77. The Hall–Kier alpha value is -3.06. The van der Waals surface area contributed by atoms with Crippen molar-refractivity contribution in [1.29, 1.82) is 5.26 Å². The first-order valence-electron chi connectivity index (χ1n) is 11.5. The van der Waals surface area contributed by atoms with Crippen molar-refractivity contribution in [1.82, 2.24) is 9.97 Å². The first kappa shape index (κ1) is 28.5. The Morgan fingerprint density at radius 1 is 1.08 bits per heavy atom. The molecular weight excluding hydrogens is 535 g/mol. The smallest absolute Gasteiger partial charge is 0.237 e. The molecule has 3 rings (SSSR count). The van der Waals surface area contributed by atoms with Crippen LogP contribution in [0.2, 0.25) is 5.02 Å². The van der Waals surface area contributed by atoms with Crippen LogP contribution in [0.5, 0.6) is 11.5 Å². The zero-order chi connectivity index (χ0) is 27.2. The number of hydrogen-bond acceptors (Lipinski definition) is 7. The van der Waals surface area contributed by atoms with E-state index >= 15 is 0 Å². The largest absolute Gasteiger partial charge is 0.489 e. The zero-order valence-electron chi connectivity index (χ0n) is 21.0. The number of nitrogens with zero attached hydrogens (tertiary/aromatic N) is 3. The molecule has 196 valence electrons. The van der Waals surface area contributed by atoms with Crippen LogP contribution in [0.3, 0.4) is 0 Å². The van der Waals surface area contributed by atoms with E-state index in [0.717, 1.165) is 11.1 Å². The summed E-state index contributed by atoms with van der Waals surface area (Å²) in [7, 11) is -3.51. The average Bonchev–Trinajstić information content (AvgIpc) is 2.87. The molecule has 0 unspecified atom stereocenters. The van der Waals surface area contributed by atoms with E-state index in [-0.39, 0.29) is 19.2 Å². The van der Waals surface area contributed by atoms with E-state index in [4.69, 9.17) is 32.7 Å². The SMILES string of the molecule is CC(C)S(=O)(=O)Nc1ncc(COc2ccc(C(C)(C)c3cc(Cl)c(OCCCl)c(C#N)c3)cc2)cn1. The third-order valence-corrected chi connectivity index (χ3v) is 7.89. The van der Waals surface area contributed by atoms with E-state index in [2.05, 4.69) is 20.8 Å². The first-order valence-corrected chi connectivity index (χ1v) is 13.9. The second-order valence-electron chi connectivity index (χ2n) is 9.03. The summed E-state index contributed by atoms with van der Waals surface area (Å²) in [6.07, 6.45) is 3.03. The minimum Gasteiger partial charge on any atom is -0.489 e. The number of rotatable bonds is 11. The van der Waals surface area contributed by atoms with Gasteiger partial charge in [-0.1, -0.05) is 37.6 Å². The summed E-state index contributed by atoms with van der Waals surface area (Å²) in [6.45, 7) is 7.70. The molecule has 1 aromatic heterocycles. The molecule has 37 heavy (non-hydrogen) atoms. The van der Waals surface area contributed by atoms with Crippen LogP contribution in [0.4, 0.5) is 5.95 Å². The van der Waals surface area contributed by atoms with Crippen molar-refractivity contribution >= 4 is 39.2 Å². The predicted octanol–water partition coefficient (Wildman–Crippen LogP) is 5.67. The molecule has 0 aliphatic heterocycles. The number of nitrogens with one attached hydrogen (secondary N) is 1. The maximum atomic E-state index is 11.9. The van der Waals surface area contributed by atoms with Crippen molar-refractivity contribution in [3.05, 3.63) is 76.1 Å². The maximum absolute atomic E-state index is 11.9. The van der Waals surface area contributed by atoms with Gasteiger partial charge in [-0.05, 0) is 49.2 Å². The van der Waals surface area contributed by atoms with Crippen LogP contribution in [0.25, 0.3) is 0 Å². The van der Waals surface area contributed by atoms with Crippen molar-refractivity contribution in [2.24, 2.45) is 0 Å². The van der Waals surface area contributed by atoms with Gasteiger partial charge in [-0.25, -0.2) is 18.4 Å². The van der Waals surface area contributed by atoms with Gasteiger partial charge in [-0.3, -0.25) is 4.72 Å². The average molecular weight is 564 g/mol. The third kappa shape index (κ3) is 7.04. The first-order chi connectivity index (χ1) is 17.5. The molecule has 2 aromatic carbocycles. The molecule has 11 heteroatoms. The number of anilines is 1. The highest BCUT2D eigenvalue weighted by molar-refractivity contribution is 7.93. The van der Waals surface area contributed by atoms with Gasteiger partial charge >= 0.3 is 0 Å². The Bertz CT molecular complexity index is 1370. The molecule has 0 saturated carbocycles. The number of ether oxygens (including phenoxy) is 2. The summed E-state index contributed by atoms with van der Waals surface area (Å²) in [5, 5.41) is 9.37. The highest BCUT2D eigenvalue weighted by Gasteiger charge is 2.26. The minimum absolute atomic E-state index is 0.0161. The van der Waals surface area contributed by atoms with Crippen LogP contribution in [0.1, 0.15) is 49.9 Å². The second-order valence-corrected chi connectivity index (χ2v) is 12.1. The Labute approximate surface area is 227 Å². The number of hydrogen-bond donors (Lipinski definition) is 1. The molecule has 0 amide bonds. The van der Waals surface area contributed by atoms with Crippen molar-refractivity contribution in [3.63, 3.8) is 0 Å². The summed E-state index contributed by atoms with van der Waals surface area (Å²) >= 11 is 12.1. The lowest BCUT2D eigenvalue weighted by Crippen LogP contribution is -2.23. The topological polar surface area (TPSA) is 114 Å². The van der Waals surface area contributed by atoms with Crippen LogP contribution in [0.15, 0.2) is 48.8 Å². The highest BCUT2D eigenvalue weighted by atomic mass is 35.5. The van der Waals surface area contributed by atoms with E-state index in [9.17, 15) is 13.7 Å². The van der Waals surface area contributed by atoms with Crippen molar-refractivity contribution < 1.29 is 17.9 Å². The lowest BCUT2D eigenvalue weighted by molar-refractivity contribution is 0.305. The standard InChI is InChI=1S/C26H28Cl2N4O4S/c1-17(2)37(33,34)32-25-30-14-18(15-31-25)16-36-22-7-5-20(6-8-22)26(3,4)21-11-19(13-29)24(23(28)12-21)35-10-9-27/h5-8,11-12,14-15,17H,9-10,16H2,1-4H3,(H,30,31,32). The zero-order valence-corrected chi connectivity index (χ0v) is 23.3. The van der Waals surface area contributed by atoms with Crippen molar-refractivity contribution in [2.45, 2.75) is 45.0 Å². The number of aromatic nitrogens is 2. The Kier molecular flexibility index (Phi) is 9.24. The Morgan fingerprint density at radius 3 is 2.30 bits per heavy atom. The van der Waals surface area contributed by atoms with Gasteiger partial charge in [0.15, 0.2) is 5.75 Å². The normalized spacial score (nSPS) is 11.7. The number of halogens is 2. The van der Waals surface area contributed by atoms with Gasteiger partial charge < -0.3 is 9.47 Å². The maximum Gasteiger partial charge on any atom is 0.237 e. The summed E-state index contributed by atoms with van der Waals surface area (Å²) in [5.41, 5.74) is 2.45. The fraction of sp³-hybridized carbons (Fsp3) is 0.346. The predicted molar refractivity (Wildman–Crippen MR) is 145 cm³/mol. The highest BCUT2D eigenvalue weighted by Crippen LogP contribution is 2.38. The van der Waals surface area contributed by atoms with E-state index in [1.807, 2.05) is 38.1 Å². The molecule has 1 heterocycles. The van der Waals surface area contributed by atoms with Crippen LogP contribution in [0, 0.1) is 11.3 Å². The van der Waals surface area contributed by atoms with Crippen LogP contribution < -0.4 is 14.2 Å². The molecule has 8 nitrogen and oxygen atoms in total. The van der Waals surface area contributed by atoms with E-state index in [1.165, 1.54) is 12.4 Å². The molecule has 0 bridgehead atoms. The quantitative estimate of drug-likeness (QED) is 0.299. The van der Waals surface area contributed by atoms with Crippen LogP contribution >= 0.6 is 23.2 Å². The molecule has 0 saturated heterocycles. The molecule has 0 aliphatic carbocycles.